The molecule has 0 aromatic carbocycles. The molecule has 0 saturated carbocycles. The summed E-state index contributed by atoms with van der Waals surface area (Å²) in [6, 6.07) is 3.70. The highest BCUT2D eigenvalue weighted by atomic mass is 32.1. The van der Waals surface area contributed by atoms with Crippen LogP contribution in [0.4, 0.5) is 0 Å². The summed E-state index contributed by atoms with van der Waals surface area (Å²) in [6.07, 6.45) is 6.19. The Hall–Kier alpha value is -1.42. The summed E-state index contributed by atoms with van der Waals surface area (Å²) in [5.74, 6) is 0.0552. The van der Waals surface area contributed by atoms with Gasteiger partial charge in [-0.1, -0.05) is 25.5 Å². The Bertz CT molecular complexity index is 490. The molecule has 0 bridgehead atoms. The third-order valence-corrected chi connectivity index (χ3v) is 4.24. The van der Waals surface area contributed by atoms with Gasteiger partial charge in [0, 0.05) is 6.54 Å². The maximum atomic E-state index is 12.4. The molecule has 0 aliphatic carbocycles. The van der Waals surface area contributed by atoms with Crippen molar-refractivity contribution in [3.8, 4) is 0 Å². The van der Waals surface area contributed by atoms with Gasteiger partial charge in [0.15, 0.2) is 5.78 Å². The predicted octanol–water partition coefficient (Wildman–Crippen LogP) is 3.13. The molecular weight excluding hydrogens is 246 g/mol. The van der Waals surface area contributed by atoms with Gasteiger partial charge in [-0.2, -0.15) is 0 Å². The van der Waals surface area contributed by atoms with Crippen LogP contribution in [0.15, 0.2) is 24.3 Å². The van der Waals surface area contributed by atoms with E-state index in [1.807, 2.05) is 11.0 Å². The smallest absolute Gasteiger partial charge is 0.264 e. The first-order valence-electron chi connectivity index (χ1n) is 6.22. The Labute approximate surface area is 111 Å². The standard InChI is InChI=1S/C14H17NO2S/c1-3-5-11-6-4-9-15(11)14(17)13-8-7-12(18-13)10(2)16/h4,6-8,11H,3,5,9H2,1-2H3. The van der Waals surface area contributed by atoms with Gasteiger partial charge in [0.25, 0.3) is 5.91 Å². The molecule has 2 rings (SSSR count). The van der Waals surface area contributed by atoms with E-state index in [4.69, 9.17) is 0 Å². The SMILES string of the molecule is CCCC1C=CCN1C(=O)c1ccc(C(C)=O)s1. The van der Waals surface area contributed by atoms with Gasteiger partial charge in [-0.15, -0.1) is 11.3 Å². The first kappa shape index (κ1) is 13.0. The maximum Gasteiger partial charge on any atom is 0.264 e. The van der Waals surface area contributed by atoms with Crippen LogP contribution in [-0.2, 0) is 0 Å². The monoisotopic (exact) mass is 263 g/mol. The quantitative estimate of drug-likeness (QED) is 0.618. The molecule has 0 spiro atoms. The average Bonchev–Trinajstić information content (AvgIpc) is 2.97. The van der Waals surface area contributed by atoms with Crippen molar-refractivity contribution in [2.24, 2.45) is 0 Å². The van der Waals surface area contributed by atoms with Gasteiger partial charge < -0.3 is 4.90 Å². The summed E-state index contributed by atoms with van der Waals surface area (Å²) >= 11 is 1.29. The van der Waals surface area contributed by atoms with Crippen molar-refractivity contribution in [1.82, 2.24) is 4.90 Å². The van der Waals surface area contributed by atoms with E-state index < -0.39 is 0 Å². The molecule has 1 aliphatic rings. The molecular formula is C14H17NO2S. The fourth-order valence-electron chi connectivity index (χ4n) is 2.14. The molecule has 3 nitrogen and oxygen atoms in total. The number of nitrogens with zero attached hydrogens (tertiary/aromatic N) is 1. The van der Waals surface area contributed by atoms with E-state index in [0.717, 1.165) is 12.8 Å². The predicted molar refractivity (Wildman–Crippen MR) is 73.2 cm³/mol. The molecule has 0 radical (unpaired) electrons. The number of amides is 1. The third-order valence-electron chi connectivity index (χ3n) is 3.07. The summed E-state index contributed by atoms with van der Waals surface area (Å²) in [5, 5.41) is 0. The van der Waals surface area contributed by atoms with Gasteiger partial charge in [0.1, 0.15) is 0 Å². The van der Waals surface area contributed by atoms with Crippen molar-refractivity contribution < 1.29 is 9.59 Å². The summed E-state index contributed by atoms with van der Waals surface area (Å²) in [6.45, 7) is 4.32. The van der Waals surface area contributed by atoms with Crippen LogP contribution >= 0.6 is 11.3 Å². The van der Waals surface area contributed by atoms with Gasteiger partial charge in [-0.3, -0.25) is 9.59 Å². The number of Topliss-reactive ketones (excluding diaryl/α,β-unsaturated/α-hetero) is 1. The van der Waals surface area contributed by atoms with Crippen molar-refractivity contribution in [2.45, 2.75) is 32.7 Å². The zero-order valence-electron chi connectivity index (χ0n) is 10.7. The van der Waals surface area contributed by atoms with Crippen LogP contribution in [-0.4, -0.2) is 29.2 Å². The molecule has 4 heteroatoms. The van der Waals surface area contributed by atoms with Crippen molar-refractivity contribution in [3.05, 3.63) is 34.0 Å². The van der Waals surface area contributed by atoms with E-state index in [1.165, 1.54) is 18.3 Å². The lowest BCUT2D eigenvalue weighted by Crippen LogP contribution is -2.35. The Kier molecular flexibility index (Phi) is 3.97. The second-order valence-corrected chi connectivity index (χ2v) is 5.55. The minimum Gasteiger partial charge on any atom is -0.328 e. The van der Waals surface area contributed by atoms with E-state index in [2.05, 4.69) is 13.0 Å². The molecule has 2 heterocycles. The first-order valence-corrected chi connectivity index (χ1v) is 7.03. The van der Waals surface area contributed by atoms with Gasteiger partial charge in [-0.05, 0) is 25.5 Å². The molecule has 1 unspecified atom stereocenters. The topological polar surface area (TPSA) is 37.4 Å². The molecule has 0 N–H and O–H groups in total. The number of hydrogen-bond donors (Lipinski definition) is 0. The van der Waals surface area contributed by atoms with Crippen LogP contribution in [0.25, 0.3) is 0 Å². The van der Waals surface area contributed by atoms with Crippen LogP contribution in [0.1, 0.15) is 46.0 Å². The summed E-state index contributed by atoms with van der Waals surface area (Å²) in [4.78, 5) is 26.8. The van der Waals surface area contributed by atoms with Crippen LogP contribution in [0.3, 0.4) is 0 Å². The molecule has 1 aliphatic heterocycles. The molecule has 1 aromatic heterocycles. The summed E-state index contributed by atoms with van der Waals surface area (Å²) < 4.78 is 0. The van der Waals surface area contributed by atoms with Crippen LogP contribution in [0.5, 0.6) is 0 Å². The zero-order valence-corrected chi connectivity index (χ0v) is 11.5. The van der Waals surface area contributed by atoms with E-state index in [1.54, 1.807) is 12.1 Å². The Morgan fingerprint density at radius 3 is 2.72 bits per heavy atom. The minimum absolute atomic E-state index is 0.0173. The van der Waals surface area contributed by atoms with Gasteiger partial charge in [0.05, 0.1) is 15.8 Å². The van der Waals surface area contributed by atoms with E-state index in [-0.39, 0.29) is 17.7 Å². The van der Waals surface area contributed by atoms with Crippen LogP contribution < -0.4 is 0 Å². The lowest BCUT2D eigenvalue weighted by molar-refractivity contribution is 0.0749. The number of carbonyl (C=O) groups excluding carboxylic acids is 2. The maximum absolute atomic E-state index is 12.4. The number of hydrogen-bond acceptors (Lipinski definition) is 3. The zero-order chi connectivity index (χ0) is 13.1. The van der Waals surface area contributed by atoms with Crippen molar-refractivity contribution in [3.63, 3.8) is 0 Å². The summed E-state index contributed by atoms with van der Waals surface area (Å²) in [7, 11) is 0. The molecule has 96 valence electrons. The Morgan fingerprint density at radius 2 is 2.11 bits per heavy atom. The fraction of sp³-hybridized carbons (Fsp3) is 0.429. The molecule has 18 heavy (non-hydrogen) atoms. The molecule has 0 saturated heterocycles. The third kappa shape index (κ3) is 2.53. The van der Waals surface area contributed by atoms with Gasteiger partial charge in [-0.25, -0.2) is 0 Å². The summed E-state index contributed by atoms with van der Waals surface area (Å²) in [5.41, 5.74) is 0. The molecule has 0 fully saturated rings. The molecule has 1 atom stereocenters. The van der Waals surface area contributed by atoms with Crippen molar-refractivity contribution in [2.75, 3.05) is 6.54 Å². The van der Waals surface area contributed by atoms with Crippen LogP contribution in [0, 0.1) is 0 Å². The molecule has 1 amide bonds. The van der Waals surface area contributed by atoms with E-state index in [0.29, 0.717) is 16.3 Å². The van der Waals surface area contributed by atoms with Gasteiger partial charge >= 0.3 is 0 Å². The number of ketones is 1. The van der Waals surface area contributed by atoms with E-state index >= 15 is 0 Å². The highest BCUT2D eigenvalue weighted by Crippen LogP contribution is 2.23. The number of carbonyl (C=O) groups is 2. The van der Waals surface area contributed by atoms with Crippen LogP contribution in [0.2, 0.25) is 0 Å². The Balaban J connectivity index is 2.13. The lowest BCUT2D eigenvalue weighted by Gasteiger charge is -2.23. The number of rotatable bonds is 4. The van der Waals surface area contributed by atoms with E-state index in [9.17, 15) is 9.59 Å². The highest BCUT2D eigenvalue weighted by Gasteiger charge is 2.26. The first-order chi connectivity index (χ1) is 8.63. The largest absolute Gasteiger partial charge is 0.328 e. The molecule has 1 aromatic rings. The lowest BCUT2D eigenvalue weighted by atomic mass is 10.1. The minimum atomic E-state index is 0.0173. The van der Waals surface area contributed by atoms with Crippen molar-refractivity contribution >= 4 is 23.0 Å². The second kappa shape index (κ2) is 5.48. The second-order valence-electron chi connectivity index (χ2n) is 4.46. The number of thiophene rings is 1. The Morgan fingerprint density at radius 1 is 1.39 bits per heavy atom. The normalized spacial score (nSPS) is 18.3. The van der Waals surface area contributed by atoms with Crippen molar-refractivity contribution in [1.29, 1.82) is 0 Å². The average molecular weight is 263 g/mol. The highest BCUT2D eigenvalue weighted by molar-refractivity contribution is 7.15. The fourth-order valence-corrected chi connectivity index (χ4v) is 2.99. The van der Waals surface area contributed by atoms with Gasteiger partial charge in [0.2, 0.25) is 0 Å².